The second kappa shape index (κ2) is 13.4. The van der Waals surface area contributed by atoms with Crippen molar-refractivity contribution in [2.75, 3.05) is 5.75 Å². The van der Waals surface area contributed by atoms with E-state index in [0.717, 1.165) is 6.54 Å². The fraction of sp³-hybridized carbons (Fsp3) is 0.609. The summed E-state index contributed by atoms with van der Waals surface area (Å²) in [5.41, 5.74) is 5.09. The van der Waals surface area contributed by atoms with E-state index in [2.05, 4.69) is 66.0 Å². The van der Waals surface area contributed by atoms with Crippen LogP contribution in [0.25, 0.3) is 0 Å². The number of benzene rings is 1. The number of unbranched alkanes of at least 4 members (excludes halogenated alkanes) is 9. The molecular formula is C23H36NS2+. The summed E-state index contributed by atoms with van der Waals surface area (Å²) in [7, 11) is 0. The Morgan fingerprint density at radius 2 is 1.46 bits per heavy atom. The maximum absolute atomic E-state index is 2.39. The zero-order valence-corrected chi connectivity index (χ0v) is 18.3. The molecule has 2 aromatic rings. The number of hydrogen-bond acceptors (Lipinski definition) is 2. The summed E-state index contributed by atoms with van der Waals surface area (Å²) in [6.45, 7) is 5.54. The zero-order valence-electron chi connectivity index (χ0n) is 16.7. The largest absolute Gasteiger partial charge is 0.226 e. The highest BCUT2D eigenvalue weighted by atomic mass is 32.2. The van der Waals surface area contributed by atoms with Gasteiger partial charge < -0.3 is 0 Å². The van der Waals surface area contributed by atoms with E-state index in [1.54, 1.807) is 0 Å². The highest BCUT2D eigenvalue weighted by molar-refractivity contribution is 8.01. The average Bonchev–Trinajstić information content (AvgIpc) is 3.00. The first kappa shape index (κ1) is 21.5. The molecule has 0 saturated heterocycles. The fourth-order valence-corrected chi connectivity index (χ4v) is 5.48. The molecule has 26 heavy (non-hydrogen) atoms. The Hall–Kier alpha value is -0.800. The topological polar surface area (TPSA) is 3.88 Å². The van der Waals surface area contributed by atoms with E-state index in [1.165, 1.54) is 85.4 Å². The molecule has 1 nitrogen and oxygen atoms in total. The van der Waals surface area contributed by atoms with E-state index in [0.29, 0.717) is 0 Å². The lowest BCUT2D eigenvalue weighted by Gasteiger charge is -2.02. The van der Waals surface area contributed by atoms with Crippen LogP contribution in [0.3, 0.4) is 0 Å². The maximum atomic E-state index is 2.39. The zero-order chi connectivity index (χ0) is 18.5. The van der Waals surface area contributed by atoms with Crippen molar-refractivity contribution in [3.8, 4) is 0 Å². The molecule has 144 valence electrons. The van der Waals surface area contributed by atoms with E-state index in [4.69, 9.17) is 0 Å². The summed E-state index contributed by atoms with van der Waals surface area (Å²) in [5, 5.41) is 0. The van der Waals surface area contributed by atoms with Crippen molar-refractivity contribution < 1.29 is 4.57 Å². The third-order valence-electron chi connectivity index (χ3n) is 4.94. The molecule has 0 atom stereocenters. The molecule has 1 heterocycles. The molecule has 0 aliphatic heterocycles. The maximum Gasteiger partial charge on any atom is 0.226 e. The smallest absolute Gasteiger partial charge is 0.187 e. The quantitative estimate of drug-likeness (QED) is 0.184. The van der Waals surface area contributed by atoms with Gasteiger partial charge in [0.15, 0.2) is 6.54 Å². The van der Waals surface area contributed by atoms with Crippen LogP contribution in [-0.4, -0.2) is 5.75 Å². The molecular weight excluding hydrogens is 354 g/mol. The summed E-state index contributed by atoms with van der Waals surface area (Å²) in [5.74, 6) is 1.27. The molecule has 3 heteroatoms. The van der Waals surface area contributed by atoms with Crippen molar-refractivity contribution in [1.82, 2.24) is 0 Å². The third-order valence-corrected chi connectivity index (χ3v) is 7.50. The average molecular weight is 391 g/mol. The summed E-state index contributed by atoms with van der Waals surface area (Å²) in [4.78, 5) is 0. The first-order chi connectivity index (χ1) is 12.8. The Labute approximate surface area is 169 Å². The molecule has 1 aromatic heterocycles. The summed E-state index contributed by atoms with van der Waals surface area (Å²) < 4.78 is 3.89. The lowest BCUT2D eigenvalue weighted by molar-refractivity contribution is -0.690. The summed E-state index contributed by atoms with van der Waals surface area (Å²) in [6, 6.07) is 10.8. The minimum Gasteiger partial charge on any atom is -0.187 e. The van der Waals surface area contributed by atoms with Gasteiger partial charge >= 0.3 is 0 Å². The van der Waals surface area contributed by atoms with Gasteiger partial charge in [0.25, 0.3) is 0 Å². The Bertz CT molecular complexity index is 592. The Morgan fingerprint density at radius 3 is 2.12 bits per heavy atom. The normalized spacial score (nSPS) is 11.2. The predicted octanol–water partition coefficient (Wildman–Crippen LogP) is 7.41. The van der Waals surface area contributed by atoms with Crippen molar-refractivity contribution in [2.45, 2.75) is 88.8 Å². The molecule has 2 rings (SSSR count). The van der Waals surface area contributed by atoms with Crippen LogP contribution in [0, 0.1) is 6.92 Å². The minimum atomic E-state index is 0.988. The van der Waals surface area contributed by atoms with Gasteiger partial charge in [0.05, 0.1) is 0 Å². The van der Waals surface area contributed by atoms with Gasteiger partial charge in [-0.1, -0.05) is 106 Å². The van der Waals surface area contributed by atoms with Crippen molar-refractivity contribution >= 4 is 23.1 Å². The second-order valence-electron chi connectivity index (χ2n) is 7.24. The third kappa shape index (κ3) is 8.26. The molecule has 1 aromatic carbocycles. The van der Waals surface area contributed by atoms with Gasteiger partial charge in [-0.25, -0.2) is 0 Å². The summed E-state index contributed by atoms with van der Waals surface area (Å²) in [6.07, 6.45) is 14.2. The molecule has 0 unspecified atom stereocenters. The molecule has 0 radical (unpaired) electrons. The monoisotopic (exact) mass is 390 g/mol. The number of rotatable bonds is 14. The van der Waals surface area contributed by atoms with Gasteiger partial charge in [-0.15, -0.1) is 11.8 Å². The Morgan fingerprint density at radius 1 is 0.846 bits per heavy atom. The van der Waals surface area contributed by atoms with E-state index in [-0.39, 0.29) is 0 Å². The lowest BCUT2D eigenvalue weighted by atomic mass is 10.1. The number of hydrogen-bond donors (Lipinski definition) is 0. The van der Waals surface area contributed by atoms with Crippen LogP contribution in [0.15, 0.2) is 40.1 Å². The van der Waals surface area contributed by atoms with Gasteiger partial charge in [0.2, 0.25) is 11.2 Å². The van der Waals surface area contributed by atoms with Gasteiger partial charge in [-0.2, -0.15) is 4.57 Å². The number of thiazole rings is 1. The highest BCUT2D eigenvalue weighted by Gasteiger charge is 2.15. The number of thioether (sulfide) groups is 1. The van der Waals surface area contributed by atoms with Crippen LogP contribution in [0.5, 0.6) is 0 Å². The van der Waals surface area contributed by atoms with Gasteiger partial charge in [-0.3, -0.25) is 0 Å². The molecule has 0 aliphatic carbocycles. The molecule has 0 saturated carbocycles. The first-order valence-electron chi connectivity index (χ1n) is 10.5. The van der Waals surface area contributed by atoms with E-state index >= 15 is 0 Å². The molecule has 0 amide bonds. The van der Waals surface area contributed by atoms with Crippen LogP contribution in [0.4, 0.5) is 0 Å². The summed E-state index contributed by atoms with van der Waals surface area (Å²) >= 11 is 3.96. The van der Waals surface area contributed by atoms with Crippen molar-refractivity contribution in [3.63, 3.8) is 0 Å². The van der Waals surface area contributed by atoms with Crippen molar-refractivity contribution in [3.05, 3.63) is 47.1 Å². The lowest BCUT2D eigenvalue weighted by Crippen LogP contribution is -2.34. The first-order valence-corrected chi connectivity index (χ1v) is 12.3. The van der Waals surface area contributed by atoms with Crippen LogP contribution < -0.4 is 4.57 Å². The van der Waals surface area contributed by atoms with Crippen molar-refractivity contribution in [1.29, 1.82) is 0 Å². The minimum absolute atomic E-state index is 0.988. The van der Waals surface area contributed by atoms with E-state index in [1.807, 2.05) is 11.3 Å². The van der Waals surface area contributed by atoms with Gasteiger partial charge in [-0.05, 0) is 12.2 Å². The van der Waals surface area contributed by atoms with E-state index < -0.39 is 0 Å². The molecule has 0 fully saturated rings. The van der Waals surface area contributed by atoms with Crippen molar-refractivity contribution in [2.24, 2.45) is 0 Å². The number of aromatic nitrogens is 1. The van der Waals surface area contributed by atoms with Gasteiger partial charge in [0.1, 0.15) is 4.21 Å². The molecule has 0 aliphatic rings. The van der Waals surface area contributed by atoms with Crippen LogP contribution in [0.1, 0.15) is 82.4 Å². The predicted molar refractivity (Wildman–Crippen MR) is 117 cm³/mol. The molecule has 0 N–H and O–H groups in total. The van der Waals surface area contributed by atoms with Crippen LogP contribution in [-0.2, 0) is 6.54 Å². The standard InChI is InChI=1S/C23H36NS2/c1-3-4-5-6-7-8-9-10-11-15-18-25-23-21(2)24(20-26-23)19-22-16-13-12-14-17-22/h12-14,16-17,20H,3-11,15,18-19H2,1-2H3/q+1. The van der Waals surface area contributed by atoms with Crippen LogP contribution >= 0.6 is 23.1 Å². The molecule has 0 bridgehead atoms. The van der Waals surface area contributed by atoms with Crippen LogP contribution in [0.2, 0.25) is 0 Å². The molecule has 0 spiro atoms. The Balaban J connectivity index is 1.55. The van der Waals surface area contributed by atoms with E-state index in [9.17, 15) is 0 Å². The fourth-order valence-electron chi connectivity index (χ4n) is 3.22. The van der Waals surface area contributed by atoms with Gasteiger partial charge in [0, 0.05) is 12.5 Å². The number of nitrogens with zero attached hydrogens (tertiary/aromatic N) is 1. The second-order valence-corrected chi connectivity index (χ2v) is 9.46. The highest BCUT2D eigenvalue weighted by Crippen LogP contribution is 2.26. The Kier molecular flexibility index (Phi) is 11.1. The SMILES string of the molecule is CCCCCCCCCCCCSc1sc[n+](Cc2ccccc2)c1C.